The van der Waals surface area contributed by atoms with E-state index in [0.717, 1.165) is 58.2 Å². The maximum atomic E-state index is 15.2. The summed E-state index contributed by atoms with van der Waals surface area (Å²) in [5.74, 6) is -1.69. The second-order valence-corrected chi connectivity index (χ2v) is 11.8. The number of aromatic nitrogens is 4. The first kappa shape index (κ1) is 32.9. The lowest BCUT2D eigenvalue weighted by atomic mass is 9.81. The molecule has 2 heterocycles. The number of H-pyrrole nitrogens is 1. The molecule has 46 heavy (non-hydrogen) atoms. The highest BCUT2D eigenvalue weighted by molar-refractivity contribution is 6.17. The van der Waals surface area contributed by atoms with Crippen LogP contribution in [0.4, 0.5) is 15.8 Å². The molecule has 1 aromatic heterocycles. The van der Waals surface area contributed by atoms with Gasteiger partial charge in [0, 0.05) is 18.0 Å². The summed E-state index contributed by atoms with van der Waals surface area (Å²) in [4.78, 5) is 40.6. The van der Waals surface area contributed by atoms with Crippen molar-refractivity contribution in [3.05, 3.63) is 77.6 Å². The molecule has 0 radical (unpaired) electrons. The maximum absolute atomic E-state index is 15.2. The Kier molecular flexibility index (Phi) is 10.2. The van der Waals surface area contributed by atoms with Crippen molar-refractivity contribution in [1.82, 2.24) is 20.6 Å². The van der Waals surface area contributed by atoms with E-state index in [2.05, 4.69) is 25.9 Å². The monoisotopic (exact) mass is 646 g/mol. The first-order valence-corrected chi connectivity index (χ1v) is 15.2. The molecule has 0 bridgehead atoms. The third-order valence-electron chi connectivity index (χ3n) is 8.83. The van der Waals surface area contributed by atoms with Crippen LogP contribution in [0.15, 0.2) is 60.7 Å². The van der Waals surface area contributed by atoms with Crippen LogP contribution >= 0.6 is 12.4 Å². The van der Waals surface area contributed by atoms with Gasteiger partial charge >= 0.3 is 0 Å². The number of imide groups is 1. The number of amides is 3. The largest absolute Gasteiger partial charge is 0.330 e. The fourth-order valence-electron chi connectivity index (χ4n) is 6.18. The fraction of sp³-hybridized carbons (Fsp3) is 0.333. The van der Waals surface area contributed by atoms with Gasteiger partial charge in [-0.2, -0.15) is 5.21 Å². The van der Waals surface area contributed by atoms with Gasteiger partial charge < -0.3 is 16.8 Å². The van der Waals surface area contributed by atoms with Crippen molar-refractivity contribution in [2.75, 3.05) is 16.8 Å². The Hall–Kier alpha value is -4.52. The normalized spacial score (nSPS) is 18.1. The third-order valence-corrected chi connectivity index (χ3v) is 8.83. The molecule has 0 unspecified atom stereocenters. The van der Waals surface area contributed by atoms with E-state index in [-0.39, 0.29) is 41.8 Å². The zero-order valence-corrected chi connectivity index (χ0v) is 25.9. The summed E-state index contributed by atoms with van der Waals surface area (Å²) in [6, 6.07) is 16.7. The Morgan fingerprint density at radius 1 is 0.978 bits per heavy atom. The number of anilines is 2. The number of aromatic amines is 1. The summed E-state index contributed by atoms with van der Waals surface area (Å²) in [5.41, 5.74) is 17.1. The van der Waals surface area contributed by atoms with Crippen molar-refractivity contribution in [3.63, 3.8) is 0 Å². The Bertz CT molecular complexity index is 1710. The molecule has 1 aliphatic heterocycles. The van der Waals surface area contributed by atoms with Crippen LogP contribution in [0.1, 0.15) is 43.2 Å². The first-order valence-electron chi connectivity index (χ1n) is 15.2. The van der Waals surface area contributed by atoms with Gasteiger partial charge in [0.2, 0.25) is 17.6 Å². The van der Waals surface area contributed by atoms with Gasteiger partial charge in [-0.3, -0.25) is 14.4 Å². The Morgan fingerprint density at radius 2 is 1.72 bits per heavy atom. The highest BCUT2D eigenvalue weighted by Crippen LogP contribution is 2.33. The van der Waals surface area contributed by atoms with Gasteiger partial charge in [-0.25, -0.2) is 9.29 Å². The number of nitrogens with two attached hydrogens (primary N) is 2. The molecule has 11 nitrogen and oxygen atoms in total. The SMILES string of the molecule is Cl.NC[C@H]1CC[C@H](C(=O)N(C(=O)[C@@H](N)Cc2ccc(-c3ccc4c(c3)NC(=O)CC4)cc2)c2ccc(-c3nn[nH]n3)c(F)c2)CC1. The molecule has 0 saturated heterocycles. The van der Waals surface area contributed by atoms with Crippen molar-refractivity contribution < 1.29 is 18.8 Å². The van der Waals surface area contributed by atoms with Crippen molar-refractivity contribution in [3.8, 4) is 22.5 Å². The molecule has 1 atom stereocenters. The zero-order chi connectivity index (χ0) is 31.5. The zero-order valence-electron chi connectivity index (χ0n) is 25.1. The average Bonchev–Trinajstić information content (AvgIpc) is 3.60. The number of fused-ring (bicyclic) bond motifs is 1. The van der Waals surface area contributed by atoms with Crippen LogP contribution in [0, 0.1) is 17.7 Å². The van der Waals surface area contributed by atoms with Gasteiger partial charge in [-0.05, 0) is 103 Å². The lowest BCUT2D eigenvalue weighted by Crippen LogP contribution is -2.50. The van der Waals surface area contributed by atoms with Crippen molar-refractivity contribution in [2.24, 2.45) is 23.3 Å². The number of hydrogen-bond donors (Lipinski definition) is 4. The highest BCUT2D eigenvalue weighted by Gasteiger charge is 2.35. The van der Waals surface area contributed by atoms with Gasteiger partial charge in [0.25, 0.3) is 5.91 Å². The highest BCUT2D eigenvalue weighted by atomic mass is 35.5. The van der Waals surface area contributed by atoms with Crippen LogP contribution in [0.25, 0.3) is 22.5 Å². The van der Waals surface area contributed by atoms with E-state index in [1.807, 2.05) is 42.5 Å². The number of benzene rings is 3. The number of halogens is 2. The van der Waals surface area contributed by atoms with Crippen LogP contribution in [-0.4, -0.2) is 50.9 Å². The average molecular weight is 647 g/mol. The van der Waals surface area contributed by atoms with Crippen LogP contribution in [0.2, 0.25) is 0 Å². The standard InChI is InChI=1S/C33H35FN8O3.ClH/c34-27-17-25(12-13-26(27)31-38-40-41-39-31)42(32(44)23-7-3-20(18-35)4-8-23)33(45)28(36)15-19-1-5-21(6-2-19)24-10-9-22-11-14-30(43)37-29(22)16-24;/h1-2,5-6,9-10,12-13,16-17,20,23,28H,3-4,7-8,11,14-15,18,35-36H2,(H,37,43)(H,38,39,40,41);1H/t20-,23-,28-;/m0./s1. The van der Waals surface area contributed by atoms with E-state index in [4.69, 9.17) is 11.5 Å². The van der Waals surface area contributed by atoms with Crippen LogP contribution in [-0.2, 0) is 27.2 Å². The number of carbonyl (C=O) groups is 3. The van der Waals surface area contributed by atoms with Gasteiger partial charge in [0.15, 0.2) is 0 Å². The van der Waals surface area contributed by atoms with Gasteiger partial charge in [-0.1, -0.05) is 36.4 Å². The fourth-order valence-corrected chi connectivity index (χ4v) is 6.18. The minimum Gasteiger partial charge on any atom is -0.330 e. The molecule has 1 saturated carbocycles. The molecule has 3 amide bonds. The van der Waals surface area contributed by atoms with E-state index in [0.29, 0.717) is 31.7 Å². The van der Waals surface area contributed by atoms with E-state index in [9.17, 15) is 14.4 Å². The summed E-state index contributed by atoms with van der Waals surface area (Å²) in [6.45, 7) is 0.555. The molecule has 6 N–H and O–H groups in total. The van der Waals surface area contributed by atoms with E-state index >= 15 is 4.39 Å². The lowest BCUT2D eigenvalue weighted by Gasteiger charge is -2.32. The van der Waals surface area contributed by atoms with E-state index in [1.54, 1.807) is 0 Å². The predicted molar refractivity (Wildman–Crippen MR) is 174 cm³/mol. The summed E-state index contributed by atoms with van der Waals surface area (Å²) < 4.78 is 15.2. The smallest absolute Gasteiger partial charge is 0.251 e. The van der Waals surface area contributed by atoms with Crippen molar-refractivity contribution >= 4 is 41.5 Å². The third kappa shape index (κ3) is 6.99. The number of tetrazole rings is 1. The number of aryl methyl sites for hydroxylation is 1. The minimum atomic E-state index is -1.06. The molecule has 1 aliphatic carbocycles. The molecule has 6 rings (SSSR count). The van der Waals surface area contributed by atoms with Crippen LogP contribution in [0.5, 0.6) is 0 Å². The molecule has 13 heteroatoms. The lowest BCUT2D eigenvalue weighted by molar-refractivity contribution is -0.130. The number of hydrogen-bond acceptors (Lipinski definition) is 8. The van der Waals surface area contributed by atoms with Gasteiger partial charge in [0.05, 0.1) is 17.3 Å². The first-order chi connectivity index (χ1) is 21.8. The van der Waals surface area contributed by atoms with Crippen molar-refractivity contribution in [1.29, 1.82) is 0 Å². The number of carbonyl (C=O) groups excluding carboxylic acids is 3. The summed E-state index contributed by atoms with van der Waals surface area (Å²) in [7, 11) is 0. The van der Waals surface area contributed by atoms with E-state index in [1.165, 1.54) is 12.1 Å². The Labute approximate surface area is 271 Å². The second kappa shape index (κ2) is 14.3. The van der Waals surface area contributed by atoms with Crippen LogP contribution in [0.3, 0.4) is 0 Å². The molecule has 240 valence electrons. The molecular formula is C33H36ClFN8O3. The molecule has 0 spiro atoms. The molecule has 3 aromatic carbocycles. The predicted octanol–water partition coefficient (Wildman–Crippen LogP) is 4.17. The second-order valence-electron chi connectivity index (χ2n) is 11.8. The van der Waals surface area contributed by atoms with Gasteiger partial charge in [-0.15, -0.1) is 22.6 Å². The molecule has 4 aromatic rings. The molecule has 1 fully saturated rings. The summed E-state index contributed by atoms with van der Waals surface area (Å²) in [6.07, 6.45) is 4.14. The molecular weight excluding hydrogens is 611 g/mol. The quantitative estimate of drug-likeness (QED) is 0.221. The minimum absolute atomic E-state index is 0. The molecule has 2 aliphatic rings. The van der Waals surface area contributed by atoms with Gasteiger partial charge in [0.1, 0.15) is 5.82 Å². The summed E-state index contributed by atoms with van der Waals surface area (Å²) >= 11 is 0. The maximum Gasteiger partial charge on any atom is 0.251 e. The summed E-state index contributed by atoms with van der Waals surface area (Å²) in [5, 5.41) is 16.3. The number of rotatable bonds is 8. The van der Waals surface area contributed by atoms with Crippen LogP contribution < -0.4 is 21.7 Å². The Morgan fingerprint density at radius 3 is 2.39 bits per heavy atom. The number of nitrogens with zero attached hydrogens (tertiary/aromatic N) is 4. The Balaban J connectivity index is 0.00000417. The number of nitrogens with one attached hydrogen (secondary N) is 2. The topological polar surface area (TPSA) is 173 Å². The van der Waals surface area contributed by atoms with Crippen molar-refractivity contribution in [2.45, 2.75) is 51.0 Å². The van der Waals surface area contributed by atoms with E-state index < -0.39 is 29.6 Å².